The number of nitrogens with zero attached hydrogens (tertiary/aromatic N) is 2. The van der Waals surface area contributed by atoms with Crippen molar-refractivity contribution in [2.24, 2.45) is 0 Å². The molecule has 0 aliphatic carbocycles. The Kier molecular flexibility index (Phi) is 5.89. The molecule has 1 N–H and O–H groups in total. The number of imidazole rings is 1. The Morgan fingerprint density at radius 2 is 2.00 bits per heavy atom. The van der Waals surface area contributed by atoms with Gasteiger partial charge in [0.05, 0.1) is 31.0 Å². The Balaban J connectivity index is 2.41. The molecule has 0 aliphatic heterocycles. The first-order valence-electron chi connectivity index (χ1n) is 7.64. The van der Waals surface area contributed by atoms with Crippen molar-refractivity contribution in [1.82, 2.24) is 9.55 Å². The molecule has 0 aliphatic rings. The molecule has 1 aromatic heterocycles. The van der Waals surface area contributed by atoms with Gasteiger partial charge in [-0.1, -0.05) is 37.3 Å². The van der Waals surface area contributed by atoms with Gasteiger partial charge in [0, 0.05) is 13.0 Å². The van der Waals surface area contributed by atoms with Gasteiger partial charge in [-0.05, 0) is 11.6 Å². The zero-order valence-electron chi connectivity index (χ0n) is 13.7. The van der Waals surface area contributed by atoms with Crippen molar-refractivity contribution in [2.75, 3.05) is 7.11 Å². The van der Waals surface area contributed by atoms with Gasteiger partial charge in [-0.3, -0.25) is 4.79 Å². The number of carbonyl (C=O) groups excluding carboxylic acids is 1. The number of carbonyl (C=O) groups is 2. The molecule has 0 saturated heterocycles. The molecule has 2 rings (SSSR count). The first-order chi connectivity index (χ1) is 11.5. The molecule has 2 aromatic rings. The molecule has 0 atom stereocenters. The van der Waals surface area contributed by atoms with E-state index in [4.69, 9.17) is 5.11 Å². The summed E-state index contributed by atoms with van der Waals surface area (Å²) in [6, 6.07) is 9.87. The van der Waals surface area contributed by atoms with Crippen LogP contribution in [0.15, 0.2) is 42.1 Å². The van der Waals surface area contributed by atoms with E-state index in [1.165, 1.54) is 13.2 Å². The number of carboxylic acid groups (broad SMARTS) is 1. The minimum atomic E-state index is -1.09. The Morgan fingerprint density at radius 3 is 2.58 bits per heavy atom. The van der Waals surface area contributed by atoms with Gasteiger partial charge in [-0.2, -0.15) is 0 Å². The fraction of sp³-hybridized carbons (Fsp3) is 0.278. The molecule has 0 fully saturated rings. The number of hydrogen-bond acceptors (Lipinski definition) is 4. The number of methoxy groups -OCH3 is 1. The molecule has 126 valence electrons. The summed E-state index contributed by atoms with van der Waals surface area (Å²) in [5.74, 6) is -0.871. The van der Waals surface area contributed by atoms with Crippen LogP contribution in [-0.4, -0.2) is 33.7 Å². The SMILES string of the molecule is CCc1ncc(/C=C(/CC(=O)O)C(=O)OC)n1Cc1ccccc1. The second-order valence-corrected chi connectivity index (χ2v) is 5.26. The molecule has 6 nitrogen and oxygen atoms in total. The van der Waals surface area contributed by atoms with Gasteiger partial charge in [-0.15, -0.1) is 0 Å². The second-order valence-electron chi connectivity index (χ2n) is 5.26. The number of carboxylic acids is 1. The lowest BCUT2D eigenvalue weighted by molar-refractivity contribution is -0.141. The van der Waals surface area contributed by atoms with E-state index in [1.54, 1.807) is 6.20 Å². The lowest BCUT2D eigenvalue weighted by Gasteiger charge is -2.10. The highest BCUT2D eigenvalue weighted by Crippen LogP contribution is 2.16. The average Bonchev–Trinajstić information content (AvgIpc) is 2.95. The highest BCUT2D eigenvalue weighted by Gasteiger charge is 2.16. The van der Waals surface area contributed by atoms with Crippen LogP contribution in [-0.2, 0) is 27.3 Å². The zero-order chi connectivity index (χ0) is 17.5. The number of aliphatic carboxylic acids is 1. The van der Waals surface area contributed by atoms with Crippen LogP contribution in [0.25, 0.3) is 6.08 Å². The third-order valence-electron chi connectivity index (χ3n) is 3.58. The van der Waals surface area contributed by atoms with Crippen LogP contribution in [0, 0.1) is 0 Å². The minimum Gasteiger partial charge on any atom is -0.481 e. The summed E-state index contributed by atoms with van der Waals surface area (Å²) < 4.78 is 6.65. The summed E-state index contributed by atoms with van der Waals surface area (Å²) in [5.41, 5.74) is 1.86. The highest BCUT2D eigenvalue weighted by atomic mass is 16.5. The van der Waals surface area contributed by atoms with Gasteiger partial charge >= 0.3 is 11.9 Å². The van der Waals surface area contributed by atoms with E-state index < -0.39 is 18.4 Å². The van der Waals surface area contributed by atoms with Crippen LogP contribution in [0.5, 0.6) is 0 Å². The van der Waals surface area contributed by atoms with Gasteiger partial charge in [0.15, 0.2) is 0 Å². The maximum Gasteiger partial charge on any atom is 0.334 e. The molecule has 1 heterocycles. The summed E-state index contributed by atoms with van der Waals surface area (Å²) in [4.78, 5) is 27.2. The first-order valence-corrected chi connectivity index (χ1v) is 7.64. The number of rotatable bonds is 7. The second kappa shape index (κ2) is 8.10. The van der Waals surface area contributed by atoms with E-state index in [1.807, 2.05) is 41.8 Å². The average molecular weight is 328 g/mol. The van der Waals surface area contributed by atoms with Crippen LogP contribution >= 0.6 is 0 Å². The molecule has 6 heteroatoms. The van der Waals surface area contributed by atoms with Gasteiger partial charge < -0.3 is 14.4 Å². The van der Waals surface area contributed by atoms with Gasteiger partial charge in [0.25, 0.3) is 0 Å². The highest BCUT2D eigenvalue weighted by molar-refractivity contribution is 5.97. The molecule has 0 bridgehead atoms. The van der Waals surface area contributed by atoms with Crippen molar-refractivity contribution in [3.05, 3.63) is 59.2 Å². The number of ether oxygens (including phenoxy) is 1. The zero-order valence-corrected chi connectivity index (χ0v) is 13.7. The van der Waals surface area contributed by atoms with Crippen molar-refractivity contribution < 1.29 is 19.4 Å². The molecule has 0 saturated carbocycles. The molecule has 24 heavy (non-hydrogen) atoms. The maximum absolute atomic E-state index is 11.8. The number of aromatic nitrogens is 2. The smallest absolute Gasteiger partial charge is 0.334 e. The van der Waals surface area contributed by atoms with E-state index in [0.29, 0.717) is 12.2 Å². The van der Waals surface area contributed by atoms with E-state index >= 15 is 0 Å². The lowest BCUT2D eigenvalue weighted by atomic mass is 10.1. The third-order valence-corrected chi connectivity index (χ3v) is 3.58. The molecular formula is C18H20N2O4. The van der Waals surface area contributed by atoms with Crippen molar-refractivity contribution >= 4 is 18.0 Å². The molecule has 0 radical (unpaired) electrons. The molecule has 0 amide bonds. The summed E-state index contributed by atoms with van der Waals surface area (Å²) >= 11 is 0. The molecule has 1 aromatic carbocycles. The van der Waals surface area contributed by atoms with E-state index in [9.17, 15) is 9.59 Å². The maximum atomic E-state index is 11.8. The number of esters is 1. The van der Waals surface area contributed by atoms with Crippen LogP contribution < -0.4 is 0 Å². The topological polar surface area (TPSA) is 81.4 Å². The van der Waals surface area contributed by atoms with Crippen molar-refractivity contribution in [3.63, 3.8) is 0 Å². The van der Waals surface area contributed by atoms with E-state index in [0.717, 1.165) is 17.8 Å². The first kappa shape index (κ1) is 17.5. The Hall–Kier alpha value is -2.89. The number of hydrogen-bond donors (Lipinski definition) is 1. The summed E-state index contributed by atoms with van der Waals surface area (Å²) in [6.07, 6.45) is 3.51. The van der Waals surface area contributed by atoms with Crippen LogP contribution in [0.4, 0.5) is 0 Å². The number of aryl methyl sites for hydroxylation is 1. The third kappa shape index (κ3) is 4.32. The summed E-state index contributed by atoms with van der Waals surface area (Å²) in [7, 11) is 1.23. The fourth-order valence-electron chi connectivity index (χ4n) is 2.43. The molecule has 0 unspecified atom stereocenters. The number of benzene rings is 1. The van der Waals surface area contributed by atoms with Gasteiger partial charge in [-0.25, -0.2) is 9.78 Å². The predicted molar refractivity (Wildman–Crippen MR) is 89.4 cm³/mol. The minimum absolute atomic E-state index is 0.0851. The standard InChI is InChI=1S/C18H20N2O4/c1-3-16-19-11-15(9-14(10-17(21)22)18(23)24-2)20(16)12-13-7-5-4-6-8-13/h4-9,11H,3,10,12H2,1-2H3,(H,21,22)/b14-9-. The normalized spacial score (nSPS) is 11.3. The fourth-order valence-corrected chi connectivity index (χ4v) is 2.43. The lowest BCUT2D eigenvalue weighted by Crippen LogP contribution is -2.11. The monoisotopic (exact) mass is 328 g/mol. The van der Waals surface area contributed by atoms with Gasteiger partial charge in [0.1, 0.15) is 5.82 Å². The van der Waals surface area contributed by atoms with Crippen LogP contribution in [0.1, 0.15) is 30.4 Å². The van der Waals surface area contributed by atoms with E-state index in [-0.39, 0.29) is 5.57 Å². The molecule has 0 spiro atoms. The summed E-state index contributed by atoms with van der Waals surface area (Å²) in [6.45, 7) is 2.59. The Bertz CT molecular complexity index is 748. The Labute approximate surface area is 140 Å². The van der Waals surface area contributed by atoms with Crippen molar-refractivity contribution in [1.29, 1.82) is 0 Å². The van der Waals surface area contributed by atoms with Crippen LogP contribution in [0.3, 0.4) is 0 Å². The van der Waals surface area contributed by atoms with Crippen molar-refractivity contribution in [3.8, 4) is 0 Å². The van der Waals surface area contributed by atoms with Crippen LogP contribution in [0.2, 0.25) is 0 Å². The predicted octanol–water partition coefficient (Wildman–Crippen LogP) is 2.52. The van der Waals surface area contributed by atoms with Crippen molar-refractivity contribution in [2.45, 2.75) is 26.3 Å². The molecular weight excluding hydrogens is 308 g/mol. The largest absolute Gasteiger partial charge is 0.481 e. The Morgan fingerprint density at radius 1 is 1.29 bits per heavy atom. The van der Waals surface area contributed by atoms with Gasteiger partial charge in [0.2, 0.25) is 0 Å². The van der Waals surface area contributed by atoms with E-state index in [2.05, 4.69) is 9.72 Å². The summed E-state index contributed by atoms with van der Waals surface area (Å²) in [5, 5.41) is 8.99. The quantitative estimate of drug-likeness (QED) is 0.624.